The maximum atomic E-state index is 6.26. The van der Waals surface area contributed by atoms with Crippen LogP contribution in [-0.4, -0.2) is 20.0 Å². The molecule has 0 saturated carbocycles. The van der Waals surface area contributed by atoms with Crippen LogP contribution < -0.4 is 5.73 Å². The summed E-state index contributed by atoms with van der Waals surface area (Å²) in [7, 11) is 0. The highest BCUT2D eigenvalue weighted by molar-refractivity contribution is 5.80. The molecule has 0 saturated heterocycles. The average molecular weight is 329 g/mol. The quantitative estimate of drug-likeness (QED) is 0.609. The van der Waals surface area contributed by atoms with Crippen molar-refractivity contribution in [2.45, 2.75) is 18.9 Å². The summed E-state index contributed by atoms with van der Waals surface area (Å²) >= 11 is 0. The number of aryl methyl sites for hydroxylation is 1. The number of aromatic nitrogens is 4. The summed E-state index contributed by atoms with van der Waals surface area (Å²) in [5.74, 6) is 0. The van der Waals surface area contributed by atoms with Gasteiger partial charge in [0, 0.05) is 17.6 Å². The zero-order chi connectivity index (χ0) is 17.1. The van der Waals surface area contributed by atoms with Gasteiger partial charge in [0.25, 0.3) is 0 Å². The Labute approximate surface area is 146 Å². The molecule has 1 atom stereocenters. The Hall–Kier alpha value is -3.05. The van der Waals surface area contributed by atoms with Gasteiger partial charge in [-0.3, -0.25) is 4.98 Å². The summed E-state index contributed by atoms with van der Waals surface area (Å²) < 4.78 is 1.80. The number of hydrogen-bond donors (Lipinski definition) is 1. The van der Waals surface area contributed by atoms with E-state index in [9.17, 15) is 0 Å². The maximum Gasteiger partial charge on any atom is 0.0832 e. The monoisotopic (exact) mass is 329 g/mol. The highest BCUT2D eigenvalue weighted by Crippen LogP contribution is 2.18. The van der Waals surface area contributed by atoms with Crippen LogP contribution in [0.2, 0.25) is 0 Å². The van der Waals surface area contributed by atoms with Crippen LogP contribution >= 0.6 is 0 Å². The Morgan fingerprint density at radius 2 is 1.88 bits per heavy atom. The largest absolute Gasteiger partial charge is 0.324 e. The van der Waals surface area contributed by atoms with Gasteiger partial charge in [-0.05, 0) is 42.7 Å². The molecule has 0 spiro atoms. The standard InChI is InChI=1S/C20H19N5/c21-19(15-5-2-1-3-6-15)10-8-17-14-25(24-23-17)18-9-11-20-16(13-18)7-4-12-22-20/h1-7,9,11-14,19H,8,10,21H2. The Morgan fingerprint density at radius 1 is 1.00 bits per heavy atom. The van der Waals surface area contributed by atoms with Crippen LogP contribution in [0, 0.1) is 0 Å². The molecule has 0 aliphatic carbocycles. The molecule has 25 heavy (non-hydrogen) atoms. The van der Waals surface area contributed by atoms with E-state index in [1.54, 1.807) is 10.9 Å². The van der Waals surface area contributed by atoms with Gasteiger partial charge >= 0.3 is 0 Å². The summed E-state index contributed by atoms with van der Waals surface area (Å²) in [4.78, 5) is 4.34. The first-order valence-corrected chi connectivity index (χ1v) is 8.36. The van der Waals surface area contributed by atoms with Crippen LogP contribution in [0.5, 0.6) is 0 Å². The third-order valence-corrected chi connectivity index (χ3v) is 4.33. The molecule has 5 heteroatoms. The lowest BCUT2D eigenvalue weighted by atomic mass is 10.0. The lowest BCUT2D eigenvalue weighted by Gasteiger charge is -2.10. The van der Waals surface area contributed by atoms with E-state index in [2.05, 4.69) is 33.5 Å². The molecule has 0 aliphatic rings. The first kappa shape index (κ1) is 15.5. The minimum absolute atomic E-state index is 0.0121. The second-order valence-corrected chi connectivity index (χ2v) is 6.09. The van der Waals surface area contributed by atoms with E-state index in [0.717, 1.165) is 40.7 Å². The number of hydrogen-bond acceptors (Lipinski definition) is 4. The third kappa shape index (κ3) is 3.41. The summed E-state index contributed by atoms with van der Waals surface area (Å²) in [6, 6.07) is 20.2. The van der Waals surface area contributed by atoms with Crippen LogP contribution in [0.25, 0.3) is 16.6 Å². The van der Waals surface area contributed by atoms with Gasteiger partial charge in [-0.2, -0.15) is 0 Å². The molecule has 2 N–H and O–H groups in total. The molecule has 1 unspecified atom stereocenters. The van der Waals surface area contributed by atoms with E-state index in [1.807, 2.05) is 48.7 Å². The number of rotatable bonds is 5. The zero-order valence-corrected chi connectivity index (χ0v) is 13.8. The van der Waals surface area contributed by atoms with Crippen LogP contribution in [0.15, 0.2) is 73.1 Å². The zero-order valence-electron chi connectivity index (χ0n) is 13.8. The van der Waals surface area contributed by atoms with Gasteiger partial charge in [0.05, 0.1) is 23.1 Å². The number of benzene rings is 2. The van der Waals surface area contributed by atoms with Gasteiger partial charge in [0.2, 0.25) is 0 Å². The van der Waals surface area contributed by atoms with E-state index in [1.165, 1.54) is 0 Å². The summed E-state index contributed by atoms with van der Waals surface area (Å²) in [5.41, 5.74) is 10.3. The van der Waals surface area contributed by atoms with E-state index in [0.29, 0.717) is 0 Å². The summed E-state index contributed by atoms with van der Waals surface area (Å²) in [6.45, 7) is 0. The lowest BCUT2D eigenvalue weighted by molar-refractivity contribution is 0.642. The summed E-state index contributed by atoms with van der Waals surface area (Å²) in [6.07, 6.45) is 5.40. The SMILES string of the molecule is NC(CCc1cn(-c2ccc3ncccc3c2)nn1)c1ccccc1. The van der Waals surface area contributed by atoms with Gasteiger partial charge in [-0.25, -0.2) is 4.68 Å². The molecular formula is C20H19N5. The number of pyridine rings is 1. The molecule has 2 heterocycles. The molecule has 5 nitrogen and oxygen atoms in total. The predicted molar refractivity (Wildman–Crippen MR) is 98.4 cm³/mol. The van der Waals surface area contributed by atoms with Crippen molar-refractivity contribution in [3.05, 3.63) is 84.3 Å². The van der Waals surface area contributed by atoms with Gasteiger partial charge in [0.1, 0.15) is 0 Å². The van der Waals surface area contributed by atoms with Gasteiger partial charge in [-0.15, -0.1) is 5.10 Å². The third-order valence-electron chi connectivity index (χ3n) is 4.33. The fraction of sp³-hybridized carbons (Fsp3) is 0.150. The molecule has 2 aromatic heterocycles. The number of nitrogens with zero attached hydrogens (tertiary/aromatic N) is 4. The molecule has 0 radical (unpaired) electrons. The highest BCUT2D eigenvalue weighted by Gasteiger charge is 2.09. The van der Waals surface area contributed by atoms with Crippen molar-refractivity contribution in [3.8, 4) is 5.69 Å². The van der Waals surface area contributed by atoms with Crippen LogP contribution in [0.1, 0.15) is 23.7 Å². The smallest absolute Gasteiger partial charge is 0.0832 e. The van der Waals surface area contributed by atoms with E-state index < -0.39 is 0 Å². The molecule has 4 rings (SSSR count). The van der Waals surface area contributed by atoms with Crippen molar-refractivity contribution in [2.24, 2.45) is 5.73 Å². The fourth-order valence-electron chi connectivity index (χ4n) is 2.91. The molecule has 0 fully saturated rings. The Balaban J connectivity index is 1.48. The molecule has 0 amide bonds. The van der Waals surface area contributed by atoms with Crippen molar-refractivity contribution in [1.82, 2.24) is 20.0 Å². The van der Waals surface area contributed by atoms with Crippen molar-refractivity contribution in [2.75, 3.05) is 0 Å². The minimum atomic E-state index is 0.0121. The van der Waals surface area contributed by atoms with Gasteiger partial charge in [0.15, 0.2) is 0 Å². The average Bonchev–Trinajstić information content (AvgIpc) is 3.15. The first-order valence-electron chi connectivity index (χ1n) is 8.36. The fourth-order valence-corrected chi connectivity index (χ4v) is 2.91. The van der Waals surface area contributed by atoms with E-state index in [4.69, 9.17) is 5.73 Å². The molecular weight excluding hydrogens is 310 g/mol. The first-order chi connectivity index (χ1) is 12.3. The van der Waals surface area contributed by atoms with Crippen LogP contribution in [0.3, 0.4) is 0 Å². The van der Waals surface area contributed by atoms with Crippen molar-refractivity contribution in [1.29, 1.82) is 0 Å². The Morgan fingerprint density at radius 3 is 2.76 bits per heavy atom. The second kappa shape index (κ2) is 6.83. The minimum Gasteiger partial charge on any atom is -0.324 e. The molecule has 4 aromatic rings. The highest BCUT2D eigenvalue weighted by atomic mass is 15.4. The summed E-state index contributed by atoms with van der Waals surface area (Å²) in [5, 5.41) is 9.62. The van der Waals surface area contributed by atoms with E-state index in [-0.39, 0.29) is 6.04 Å². The Kier molecular flexibility index (Phi) is 4.23. The topological polar surface area (TPSA) is 69.6 Å². The molecule has 0 aliphatic heterocycles. The predicted octanol–water partition coefficient (Wildman–Crippen LogP) is 3.45. The number of fused-ring (bicyclic) bond motifs is 1. The van der Waals surface area contributed by atoms with Crippen molar-refractivity contribution < 1.29 is 0 Å². The molecule has 2 aromatic carbocycles. The lowest BCUT2D eigenvalue weighted by Crippen LogP contribution is -2.11. The molecule has 0 bridgehead atoms. The van der Waals surface area contributed by atoms with E-state index >= 15 is 0 Å². The van der Waals surface area contributed by atoms with Crippen molar-refractivity contribution in [3.63, 3.8) is 0 Å². The van der Waals surface area contributed by atoms with Crippen LogP contribution in [0.4, 0.5) is 0 Å². The van der Waals surface area contributed by atoms with Crippen LogP contribution in [-0.2, 0) is 6.42 Å². The maximum absolute atomic E-state index is 6.26. The normalized spacial score (nSPS) is 12.4. The van der Waals surface area contributed by atoms with Crippen molar-refractivity contribution >= 4 is 10.9 Å². The molecule has 124 valence electrons. The van der Waals surface area contributed by atoms with Gasteiger partial charge in [-0.1, -0.05) is 41.6 Å². The number of nitrogens with two attached hydrogens (primary N) is 1. The Bertz CT molecular complexity index is 977. The van der Waals surface area contributed by atoms with Gasteiger partial charge < -0.3 is 5.73 Å². The second-order valence-electron chi connectivity index (χ2n) is 6.09.